The van der Waals surface area contributed by atoms with Crippen LogP contribution in [0.25, 0.3) is 0 Å². The third-order valence-electron chi connectivity index (χ3n) is 3.95. The second kappa shape index (κ2) is 9.50. The maximum absolute atomic E-state index is 12.4. The van der Waals surface area contributed by atoms with Crippen molar-refractivity contribution in [1.82, 2.24) is 5.32 Å². The fourth-order valence-corrected chi connectivity index (χ4v) is 3.68. The number of amides is 1. The molecule has 3 rings (SSSR count). The average molecular weight is 372 g/mol. The Morgan fingerprint density at radius 2 is 1.96 bits per heavy atom. The highest BCUT2D eigenvalue weighted by Gasteiger charge is 2.17. The fraction of sp³-hybridized carbons (Fsp3) is 0.350. The maximum Gasteiger partial charge on any atom is 0.226 e. The van der Waals surface area contributed by atoms with Gasteiger partial charge in [0.25, 0.3) is 0 Å². The molecule has 138 valence electrons. The first-order chi connectivity index (χ1) is 12.7. The van der Waals surface area contributed by atoms with Gasteiger partial charge in [-0.3, -0.25) is 4.79 Å². The molecule has 0 spiro atoms. The number of anilines is 1. The van der Waals surface area contributed by atoms with E-state index in [9.17, 15) is 4.79 Å². The zero-order valence-corrected chi connectivity index (χ0v) is 15.7. The van der Waals surface area contributed by atoms with Crippen LogP contribution in [0.15, 0.2) is 48.5 Å². The molecule has 0 aliphatic carbocycles. The number of para-hydroxylation sites is 2. The van der Waals surface area contributed by atoms with E-state index in [-0.39, 0.29) is 11.9 Å². The van der Waals surface area contributed by atoms with E-state index in [1.165, 1.54) is 0 Å². The summed E-state index contributed by atoms with van der Waals surface area (Å²) >= 11 is 1.88. The van der Waals surface area contributed by atoms with Gasteiger partial charge in [0.1, 0.15) is 11.5 Å². The van der Waals surface area contributed by atoms with Gasteiger partial charge in [-0.1, -0.05) is 12.1 Å². The normalized spacial score (nSPS) is 16.7. The molecule has 5 nitrogen and oxygen atoms in total. The molecular weight excluding hydrogens is 348 g/mol. The smallest absolute Gasteiger partial charge is 0.226 e. The molecule has 0 radical (unpaired) electrons. The van der Waals surface area contributed by atoms with E-state index in [0.717, 1.165) is 23.8 Å². The Morgan fingerprint density at radius 1 is 1.19 bits per heavy atom. The number of benzene rings is 2. The van der Waals surface area contributed by atoms with Gasteiger partial charge >= 0.3 is 0 Å². The minimum atomic E-state index is -0.00672. The van der Waals surface area contributed by atoms with Crippen molar-refractivity contribution >= 4 is 23.4 Å². The van der Waals surface area contributed by atoms with Crippen molar-refractivity contribution in [2.24, 2.45) is 0 Å². The number of carbonyl (C=O) groups excluding carboxylic acids is 1. The van der Waals surface area contributed by atoms with Crippen LogP contribution in [0.5, 0.6) is 17.2 Å². The van der Waals surface area contributed by atoms with Crippen molar-refractivity contribution in [3.05, 3.63) is 48.5 Å². The summed E-state index contributed by atoms with van der Waals surface area (Å²) in [7, 11) is 0. The summed E-state index contributed by atoms with van der Waals surface area (Å²) < 4.78 is 11.4. The molecule has 1 atom stereocenters. The summed E-state index contributed by atoms with van der Waals surface area (Å²) in [4.78, 5) is 12.4. The fourth-order valence-electron chi connectivity index (χ4n) is 2.73. The number of rotatable bonds is 7. The Bertz CT molecular complexity index is 715. The monoisotopic (exact) mass is 372 g/mol. The lowest BCUT2D eigenvalue weighted by atomic mass is 10.2. The lowest BCUT2D eigenvalue weighted by Crippen LogP contribution is -2.39. The molecule has 1 aliphatic rings. The Balaban J connectivity index is 1.62. The van der Waals surface area contributed by atoms with E-state index < -0.39 is 0 Å². The second-order valence-electron chi connectivity index (χ2n) is 5.98. The summed E-state index contributed by atoms with van der Waals surface area (Å²) in [6.45, 7) is 3.54. The van der Waals surface area contributed by atoms with Gasteiger partial charge in [-0.2, -0.15) is 11.8 Å². The predicted octanol–water partition coefficient (Wildman–Crippen LogP) is 3.91. The highest BCUT2D eigenvalue weighted by atomic mass is 32.2. The molecule has 6 heteroatoms. The Kier molecular flexibility index (Phi) is 6.80. The first-order valence-electron chi connectivity index (χ1n) is 8.85. The number of thioether (sulfide) groups is 1. The number of hydrogen-bond acceptors (Lipinski definition) is 5. The number of nitrogens with one attached hydrogen (secondary N) is 2. The first kappa shape index (κ1) is 18.6. The number of hydrogen-bond donors (Lipinski definition) is 2. The number of ether oxygens (including phenoxy) is 2. The molecule has 0 aromatic heterocycles. The molecule has 2 aromatic carbocycles. The molecular formula is C20H24N2O3S. The Morgan fingerprint density at radius 3 is 2.69 bits per heavy atom. The van der Waals surface area contributed by atoms with Gasteiger partial charge in [-0.15, -0.1) is 0 Å². The van der Waals surface area contributed by atoms with Gasteiger partial charge in [0.15, 0.2) is 5.75 Å². The lowest BCUT2D eigenvalue weighted by molar-refractivity contribution is -0.116. The van der Waals surface area contributed by atoms with Gasteiger partial charge < -0.3 is 20.1 Å². The van der Waals surface area contributed by atoms with Gasteiger partial charge in [0.2, 0.25) is 5.91 Å². The lowest BCUT2D eigenvalue weighted by Gasteiger charge is -2.22. The van der Waals surface area contributed by atoms with Crippen LogP contribution in [0.1, 0.15) is 13.3 Å². The van der Waals surface area contributed by atoms with Crippen LogP contribution >= 0.6 is 11.8 Å². The summed E-state index contributed by atoms with van der Waals surface area (Å²) in [6.07, 6.45) is 0.463. The topological polar surface area (TPSA) is 59.6 Å². The molecule has 0 bridgehead atoms. The van der Waals surface area contributed by atoms with Crippen molar-refractivity contribution in [2.45, 2.75) is 19.4 Å². The molecule has 0 saturated carbocycles. The first-order valence-corrected chi connectivity index (χ1v) is 10.0. The predicted molar refractivity (Wildman–Crippen MR) is 106 cm³/mol. The quantitative estimate of drug-likeness (QED) is 0.772. The number of carbonyl (C=O) groups is 1. The molecule has 2 aromatic rings. The van der Waals surface area contributed by atoms with Crippen LogP contribution in [-0.2, 0) is 4.79 Å². The van der Waals surface area contributed by atoms with Crippen molar-refractivity contribution in [2.75, 3.05) is 30.0 Å². The van der Waals surface area contributed by atoms with Crippen LogP contribution in [0.4, 0.5) is 5.69 Å². The van der Waals surface area contributed by atoms with Gasteiger partial charge in [-0.25, -0.2) is 0 Å². The third-order valence-corrected chi connectivity index (χ3v) is 5.08. The highest BCUT2D eigenvalue weighted by molar-refractivity contribution is 7.99. The largest absolute Gasteiger partial charge is 0.494 e. The van der Waals surface area contributed by atoms with E-state index in [1.54, 1.807) is 0 Å². The van der Waals surface area contributed by atoms with Gasteiger partial charge in [-0.05, 0) is 43.3 Å². The summed E-state index contributed by atoms with van der Waals surface area (Å²) in [5.74, 6) is 4.19. The minimum Gasteiger partial charge on any atom is -0.494 e. The van der Waals surface area contributed by atoms with E-state index >= 15 is 0 Å². The van der Waals surface area contributed by atoms with Crippen LogP contribution in [0.3, 0.4) is 0 Å². The van der Waals surface area contributed by atoms with Crippen LogP contribution in [-0.4, -0.2) is 36.6 Å². The van der Waals surface area contributed by atoms with E-state index in [4.69, 9.17) is 9.47 Å². The highest BCUT2D eigenvalue weighted by Crippen LogP contribution is 2.30. The molecule has 1 saturated heterocycles. The Hall–Kier alpha value is -2.18. The second-order valence-corrected chi connectivity index (χ2v) is 7.13. The SMILES string of the molecule is CCOc1ccc(Oc2ccccc2NC(=O)CC2CSCCN2)cc1. The zero-order valence-electron chi connectivity index (χ0n) is 14.9. The van der Waals surface area contributed by atoms with E-state index in [0.29, 0.717) is 30.2 Å². The molecule has 1 aliphatic heterocycles. The van der Waals surface area contributed by atoms with Crippen molar-refractivity contribution in [1.29, 1.82) is 0 Å². The van der Waals surface area contributed by atoms with Gasteiger partial charge in [0.05, 0.1) is 12.3 Å². The van der Waals surface area contributed by atoms with Crippen LogP contribution in [0.2, 0.25) is 0 Å². The standard InChI is InChI=1S/C20H24N2O3S/c1-2-24-16-7-9-17(10-8-16)25-19-6-4-3-5-18(19)22-20(23)13-15-14-26-12-11-21-15/h3-10,15,21H,2,11-14H2,1H3,(H,22,23). The van der Waals surface area contributed by atoms with E-state index in [2.05, 4.69) is 10.6 Å². The Labute approximate surface area is 158 Å². The zero-order chi connectivity index (χ0) is 18.2. The van der Waals surface area contributed by atoms with Crippen LogP contribution < -0.4 is 20.1 Å². The van der Waals surface area contributed by atoms with Crippen molar-refractivity contribution in [3.63, 3.8) is 0 Å². The average Bonchev–Trinajstić information content (AvgIpc) is 2.66. The maximum atomic E-state index is 12.4. The van der Waals surface area contributed by atoms with Gasteiger partial charge in [0, 0.05) is 30.5 Å². The van der Waals surface area contributed by atoms with Crippen molar-refractivity contribution < 1.29 is 14.3 Å². The molecule has 1 amide bonds. The molecule has 1 heterocycles. The summed E-state index contributed by atoms with van der Waals surface area (Å²) in [5.41, 5.74) is 0.676. The molecule has 26 heavy (non-hydrogen) atoms. The third kappa shape index (κ3) is 5.41. The minimum absolute atomic E-state index is 0.00672. The van der Waals surface area contributed by atoms with Crippen LogP contribution in [0, 0.1) is 0 Å². The van der Waals surface area contributed by atoms with E-state index in [1.807, 2.05) is 67.2 Å². The summed E-state index contributed by atoms with van der Waals surface area (Å²) in [6, 6.07) is 15.1. The molecule has 1 fully saturated rings. The van der Waals surface area contributed by atoms with Crippen molar-refractivity contribution in [3.8, 4) is 17.2 Å². The molecule has 2 N–H and O–H groups in total. The molecule has 1 unspecified atom stereocenters. The summed E-state index contributed by atoms with van der Waals surface area (Å²) in [5, 5.41) is 6.35.